The highest BCUT2D eigenvalue weighted by molar-refractivity contribution is 7.89. The van der Waals surface area contributed by atoms with Crippen LogP contribution in [0.1, 0.15) is 40.7 Å². The quantitative estimate of drug-likeness (QED) is 0.592. The number of halogens is 1. The number of carbonyl (C=O) groups excluding carboxylic acids is 1. The second kappa shape index (κ2) is 9.62. The number of hydrogen-bond acceptors (Lipinski definition) is 4. The molecule has 1 aliphatic heterocycles. The number of amides is 1. The summed E-state index contributed by atoms with van der Waals surface area (Å²) in [6.07, 6.45) is 7.78. The monoisotopic (exact) mass is 456 g/mol. The minimum Gasteiger partial charge on any atom is -0.348 e. The highest BCUT2D eigenvalue weighted by Gasteiger charge is 2.29. The predicted molar refractivity (Wildman–Crippen MR) is 118 cm³/mol. The molecule has 7 nitrogen and oxygen atoms in total. The summed E-state index contributed by atoms with van der Waals surface area (Å²) < 4.78 is 43.4. The fraction of sp³-hybridized carbons (Fsp3) is 0.304. The van der Waals surface area contributed by atoms with E-state index in [1.165, 1.54) is 10.4 Å². The molecule has 3 aromatic rings. The Hall–Kier alpha value is -3.04. The summed E-state index contributed by atoms with van der Waals surface area (Å²) in [4.78, 5) is 16.2. The van der Waals surface area contributed by atoms with E-state index in [0.29, 0.717) is 19.6 Å². The summed E-state index contributed by atoms with van der Waals surface area (Å²) in [6.45, 7) is 1.67. The minimum atomic E-state index is -3.98. The number of hydrogen-bond donors (Lipinski definition) is 1. The third kappa shape index (κ3) is 5.05. The third-order valence-corrected chi connectivity index (χ3v) is 7.41. The smallest absolute Gasteiger partial charge is 0.251 e. The summed E-state index contributed by atoms with van der Waals surface area (Å²) in [5.74, 6) is -1.31. The Balaban J connectivity index is 1.45. The highest BCUT2D eigenvalue weighted by Crippen LogP contribution is 2.24. The lowest BCUT2D eigenvalue weighted by atomic mass is 10.1. The van der Waals surface area contributed by atoms with Gasteiger partial charge in [-0.2, -0.15) is 4.31 Å². The Labute approximate surface area is 186 Å². The number of carbonyl (C=O) groups is 1. The van der Waals surface area contributed by atoms with Crippen LogP contribution >= 0.6 is 0 Å². The van der Waals surface area contributed by atoms with Crippen LogP contribution in [0.4, 0.5) is 4.39 Å². The van der Waals surface area contributed by atoms with E-state index in [0.717, 1.165) is 42.5 Å². The Bertz CT molecular complexity index is 1190. The maximum atomic E-state index is 14.4. The first kappa shape index (κ1) is 22.2. The number of rotatable bonds is 7. The number of nitrogens with one attached hydrogen (secondary N) is 1. The van der Waals surface area contributed by atoms with Gasteiger partial charge in [-0.05, 0) is 42.2 Å². The van der Waals surface area contributed by atoms with E-state index < -0.39 is 26.6 Å². The minimum absolute atomic E-state index is 0.108. The second-order valence-corrected chi connectivity index (χ2v) is 9.75. The van der Waals surface area contributed by atoms with Gasteiger partial charge in [0.15, 0.2) is 0 Å². The van der Waals surface area contributed by atoms with Gasteiger partial charge in [-0.1, -0.05) is 30.7 Å². The summed E-state index contributed by atoms with van der Waals surface area (Å²) in [5.41, 5.74) is 2.07. The van der Waals surface area contributed by atoms with Gasteiger partial charge in [-0.15, -0.1) is 0 Å². The number of piperidine rings is 1. The van der Waals surface area contributed by atoms with Gasteiger partial charge < -0.3 is 9.88 Å². The van der Waals surface area contributed by atoms with Gasteiger partial charge >= 0.3 is 0 Å². The van der Waals surface area contributed by atoms with Gasteiger partial charge in [-0.3, -0.25) is 4.79 Å². The molecule has 9 heteroatoms. The number of nitrogens with zero attached hydrogens (tertiary/aromatic N) is 3. The molecule has 0 saturated carbocycles. The van der Waals surface area contributed by atoms with Crippen LogP contribution in [0.15, 0.2) is 66.1 Å². The van der Waals surface area contributed by atoms with Crippen molar-refractivity contribution in [3.05, 3.63) is 83.7 Å². The first-order valence-corrected chi connectivity index (χ1v) is 12.0. The lowest BCUT2D eigenvalue weighted by molar-refractivity contribution is 0.0950. The van der Waals surface area contributed by atoms with Gasteiger partial charge in [0.2, 0.25) is 10.0 Å². The van der Waals surface area contributed by atoms with Gasteiger partial charge in [-0.25, -0.2) is 17.8 Å². The Morgan fingerprint density at radius 2 is 1.84 bits per heavy atom. The third-order valence-electron chi connectivity index (χ3n) is 5.50. The first-order valence-electron chi connectivity index (χ1n) is 10.5. The van der Waals surface area contributed by atoms with E-state index in [1.807, 2.05) is 35.0 Å². The van der Waals surface area contributed by atoms with Crippen LogP contribution in [0.2, 0.25) is 0 Å². The van der Waals surface area contributed by atoms with Gasteiger partial charge in [0, 0.05) is 44.1 Å². The molecule has 1 fully saturated rings. The maximum absolute atomic E-state index is 14.4. The standard InChI is InChI=1S/C23H25FN4O3S/c24-21-8-7-20(14-22(21)32(30,31)28-10-2-1-3-11-28)23(29)26-15-18-5-4-6-19(13-18)16-27-12-9-25-17-27/h4-9,12-14,17H,1-3,10-11,15-16H2,(H,26,29). The zero-order valence-corrected chi connectivity index (χ0v) is 18.4. The fourth-order valence-corrected chi connectivity index (χ4v) is 5.41. The molecule has 1 saturated heterocycles. The molecule has 2 aromatic carbocycles. The number of aromatic nitrogens is 2. The molecule has 2 heterocycles. The van der Waals surface area contributed by atoms with Crippen LogP contribution in [0.25, 0.3) is 0 Å². The van der Waals surface area contributed by atoms with Crippen LogP contribution in [-0.4, -0.2) is 41.3 Å². The van der Waals surface area contributed by atoms with Gasteiger partial charge in [0.1, 0.15) is 10.7 Å². The van der Waals surface area contributed by atoms with Crippen molar-refractivity contribution in [1.82, 2.24) is 19.2 Å². The molecule has 1 N–H and O–H groups in total. The van der Waals surface area contributed by atoms with E-state index in [2.05, 4.69) is 10.3 Å². The first-order chi connectivity index (χ1) is 15.4. The molecule has 32 heavy (non-hydrogen) atoms. The second-order valence-electron chi connectivity index (χ2n) is 7.85. The SMILES string of the molecule is O=C(NCc1cccc(Cn2ccnc2)c1)c1ccc(F)c(S(=O)(=O)N2CCCCC2)c1. The van der Waals surface area contributed by atoms with E-state index in [9.17, 15) is 17.6 Å². The van der Waals surface area contributed by atoms with Gasteiger partial charge in [0.25, 0.3) is 5.91 Å². The van der Waals surface area contributed by atoms with Crippen molar-refractivity contribution in [3.8, 4) is 0 Å². The highest BCUT2D eigenvalue weighted by atomic mass is 32.2. The maximum Gasteiger partial charge on any atom is 0.251 e. The molecule has 0 aliphatic carbocycles. The van der Waals surface area contributed by atoms with Crippen LogP contribution in [0, 0.1) is 5.82 Å². The predicted octanol–water partition coefficient (Wildman–Crippen LogP) is 3.18. The van der Waals surface area contributed by atoms with E-state index >= 15 is 0 Å². The fourth-order valence-electron chi connectivity index (χ4n) is 3.80. The molecule has 0 atom stereocenters. The number of benzene rings is 2. The summed E-state index contributed by atoms with van der Waals surface area (Å²) in [7, 11) is -3.98. The molecule has 1 aliphatic rings. The summed E-state index contributed by atoms with van der Waals surface area (Å²) in [5, 5.41) is 2.79. The van der Waals surface area contributed by atoms with Crippen molar-refractivity contribution in [2.24, 2.45) is 0 Å². The zero-order valence-electron chi connectivity index (χ0n) is 17.6. The van der Waals surface area contributed by atoms with Crippen molar-refractivity contribution in [1.29, 1.82) is 0 Å². The van der Waals surface area contributed by atoms with E-state index in [1.54, 1.807) is 12.5 Å². The molecule has 0 radical (unpaired) electrons. The van der Waals surface area contributed by atoms with E-state index in [4.69, 9.17) is 0 Å². The Morgan fingerprint density at radius 3 is 2.59 bits per heavy atom. The zero-order chi connectivity index (χ0) is 22.6. The molecule has 0 unspecified atom stereocenters. The topological polar surface area (TPSA) is 84.3 Å². The molecular weight excluding hydrogens is 431 g/mol. The summed E-state index contributed by atoms with van der Waals surface area (Å²) in [6, 6.07) is 11.3. The molecular formula is C23H25FN4O3S. The molecule has 0 spiro atoms. The normalized spacial score (nSPS) is 14.9. The van der Waals surface area contributed by atoms with Crippen LogP contribution in [0.3, 0.4) is 0 Å². The number of imidazole rings is 1. The van der Waals surface area contributed by atoms with Crippen molar-refractivity contribution in [2.75, 3.05) is 13.1 Å². The van der Waals surface area contributed by atoms with E-state index in [-0.39, 0.29) is 12.1 Å². The van der Waals surface area contributed by atoms with Crippen molar-refractivity contribution < 1.29 is 17.6 Å². The largest absolute Gasteiger partial charge is 0.348 e. The lowest BCUT2D eigenvalue weighted by Crippen LogP contribution is -2.36. The van der Waals surface area contributed by atoms with Crippen LogP contribution in [0.5, 0.6) is 0 Å². The van der Waals surface area contributed by atoms with Crippen molar-refractivity contribution in [3.63, 3.8) is 0 Å². The number of sulfonamides is 1. The average molecular weight is 457 g/mol. The van der Waals surface area contributed by atoms with Gasteiger partial charge in [0.05, 0.1) is 6.33 Å². The molecule has 0 bridgehead atoms. The lowest BCUT2D eigenvalue weighted by Gasteiger charge is -2.26. The van der Waals surface area contributed by atoms with Crippen molar-refractivity contribution in [2.45, 2.75) is 37.2 Å². The molecule has 4 rings (SSSR count). The van der Waals surface area contributed by atoms with Crippen LogP contribution < -0.4 is 5.32 Å². The molecule has 168 valence electrons. The Morgan fingerprint density at radius 1 is 1.06 bits per heavy atom. The molecule has 1 amide bonds. The Kier molecular flexibility index (Phi) is 6.66. The van der Waals surface area contributed by atoms with Crippen LogP contribution in [-0.2, 0) is 23.1 Å². The van der Waals surface area contributed by atoms with Crippen molar-refractivity contribution >= 4 is 15.9 Å². The molecule has 1 aromatic heterocycles. The summed E-state index contributed by atoms with van der Waals surface area (Å²) >= 11 is 0. The average Bonchev–Trinajstić information content (AvgIpc) is 3.31.